The minimum absolute atomic E-state index is 0.0163. The average Bonchev–Trinajstić information content (AvgIpc) is 2.81. The molecule has 0 amide bonds. The normalized spacial score (nSPS) is 16.7. The molecule has 3 rings (SSSR count). The molecular formula is C28H41N3O4S. The Kier molecular flexibility index (Phi) is 8.95. The molecule has 8 heteroatoms. The van der Waals surface area contributed by atoms with Crippen LogP contribution in [0.15, 0.2) is 36.4 Å². The van der Waals surface area contributed by atoms with Gasteiger partial charge in [0.1, 0.15) is 11.5 Å². The Balaban J connectivity index is 1.90. The second-order valence-electron chi connectivity index (χ2n) is 10.7. The van der Waals surface area contributed by atoms with E-state index < -0.39 is 0 Å². The van der Waals surface area contributed by atoms with Gasteiger partial charge in [-0.1, -0.05) is 12.1 Å². The number of methoxy groups -OCH3 is 4. The fourth-order valence-corrected chi connectivity index (χ4v) is 5.56. The van der Waals surface area contributed by atoms with Crippen LogP contribution in [-0.4, -0.2) is 55.6 Å². The molecule has 0 aliphatic carbocycles. The van der Waals surface area contributed by atoms with E-state index in [0.717, 1.165) is 35.5 Å². The average molecular weight is 516 g/mol. The van der Waals surface area contributed by atoms with E-state index in [1.165, 1.54) is 0 Å². The van der Waals surface area contributed by atoms with Gasteiger partial charge in [-0.3, -0.25) is 0 Å². The first-order chi connectivity index (χ1) is 17.0. The highest BCUT2D eigenvalue weighted by Crippen LogP contribution is 2.36. The van der Waals surface area contributed by atoms with Crippen molar-refractivity contribution in [1.82, 2.24) is 15.5 Å². The van der Waals surface area contributed by atoms with E-state index >= 15 is 0 Å². The largest absolute Gasteiger partial charge is 0.497 e. The number of nitrogens with zero attached hydrogens (tertiary/aromatic N) is 1. The number of piperidine rings is 1. The third kappa shape index (κ3) is 7.17. The van der Waals surface area contributed by atoms with E-state index in [2.05, 4.69) is 55.4 Å². The lowest BCUT2D eigenvalue weighted by Gasteiger charge is -2.47. The van der Waals surface area contributed by atoms with Crippen LogP contribution in [0.4, 0.5) is 0 Å². The van der Waals surface area contributed by atoms with E-state index in [1.54, 1.807) is 28.4 Å². The van der Waals surface area contributed by atoms with Crippen LogP contribution >= 0.6 is 12.2 Å². The van der Waals surface area contributed by atoms with Crippen LogP contribution in [0.2, 0.25) is 0 Å². The van der Waals surface area contributed by atoms with Gasteiger partial charge in [-0.15, -0.1) is 0 Å². The van der Waals surface area contributed by atoms with Crippen LogP contribution in [0.25, 0.3) is 0 Å². The molecule has 1 fully saturated rings. The molecule has 1 heterocycles. The van der Waals surface area contributed by atoms with Gasteiger partial charge in [0.25, 0.3) is 0 Å². The number of rotatable bonds is 9. The summed E-state index contributed by atoms with van der Waals surface area (Å²) in [5.74, 6) is 2.82. The van der Waals surface area contributed by atoms with E-state index in [1.807, 2.05) is 24.3 Å². The first kappa shape index (κ1) is 27.9. The van der Waals surface area contributed by atoms with Gasteiger partial charge in [0.05, 0.1) is 28.4 Å². The Morgan fingerprint density at radius 1 is 0.861 bits per heavy atom. The Bertz CT molecular complexity index is 1020. The maximum Gasteiger partial charge on any atom is 0.169 e. The zero-order chi connectivity index (χ0) is 26.5. The third-order valence-electron chi connectivity index (χ3n) is 6.49. The summed E-state index contributed by atoms with van der Waals surface area (Å²) in [6.07, 6.45) is 1.96. The molecular weight excluding hydrogens is 474 g/mol. The van der Waals surface area contributed by atoms with Crippen molar-refractivity contribution in [3.05, 3.63) is 47.5 Å². The SMILES string of the molecule is COc1ccc(CN(Cc2cc(OC)c(OC)cc2OC)C(=S)NC2CC(C)(C)NC(C)(C)C2)cc1. The first-order valence-corrected chi connectivity index (χ1v) is 12.7. The van der Waals surface area contributed by atoms with Gasteiger partial charge >= 0.3 is 0 Å². The maximum atomic E-state index is 6.02. The van der Waals surface area contributed by atoms with Crippen molar-refractivity contribution >= 4 is 17.3 Å². The summed E-state index contributed by atoms with van der Waals surface area (Å²) in [5, 5.41) is 8.13. The third-order valence-corrected chi connectivity index (χ3v) is 6.86. The van der Waals surface area contributed by atoms with Gasteiger partial charge < -0.3 is 34.5 Å². The molecule has 0 bridgehead atoms. The molecule has 0 unspecified atom stereocenters. The van der Waals surface area contributed by atoms with Crippen molar-refractivity contribution < 1.29 is 18.9 Å². The van der Waals surface area contributed by atoms with Gasteiger partial charge in [-0.25, -0.2) is 0 Å². The Labute approximate surface area is 221 Å². The summed E-state index contributed by atoms with van der Waals surface area (Å²) < 4.78 is 22.1. The van der Waals surface area contributed by atoms with Gasteiger partial charge in [0.2, 0.25) is 0 Å². The van der Waals surface area contributed by atoms with Crippen molar-refractivity contribution in [2.45, 2.75) is 70.7 Å². The predicted molar refractivity (Wildman–Crippen MR) is 148 cm³/mol. The molecule has 0 aromatic heterocycles. The van der Waals surface area contributed by atoms with Crippen LogP contribution in [-0.2, 0) is 13.1 Å². The molecule has 2 N–H and O–H groups in total. The van der Waals surface area contributed by atoms with Crippen LogP contribution < -0.4 is 29.6 Å². The molecule has 1 aliphatic heterocycles. The lowest BCUT2D eigenvalue weighted by atomic mass is 9.80. The fourth-order valence-electron chi connectivity index (χ4n) is 5.26. The van der Waals surface area contributed by atoms with Crippen LogP contribution in [0.3, 0.4) is 0 Å². The summed E-state index contributed by atoms with van der Waals surface area (Å²) in [4.78, 5) is 2.17. The minimum Gasteiger partial charge on any atom is -0.497 e. The lowest BCUT2D eigenvalue weighted by molar-refractivity contribution is 0.153. The number of hydrogen-bond acceptors (Lipinski definition) is 6. The molecule has 2 aromatic rings. The molecule has 198 valence electrons. The highest BCUT2D eigenvalue weighted by Gasteiger charge is 2.38. The molecule has 1 aliphatic rings. The molecule has 36 heavy (non-hydrogen) atoms. The van der Waals surface area contributed by atoms with E-state index in [4.69, 9.17) is 31.2 Å². The smallest absolute Gasteiger partial charge is 0.169 e. The van der Waals surface area contributed by atoms with Crippen molar-refractivity contribution in [2.24, 2.45) is 0 Å². The molecule has 7 nitrogen and oxygen atoms in total. The standard InChI is InChI=1S/C28H41N3O4S/c1-27(2)15-21(16-28(3,4)30-27)29-26(36)31(17-19-9-11-22(32-5)12-10-19)18-20-13-24(34-7)25(35-8)14-23(20)33-6/h9-14,21,30H,15-18H2,1-8H3,(H,29,36). The quantitative estimate of drug-likeness (QED) is 0.457. The molecule has 0 radical (unpaired) electrons. The van der Waals surface area contributed by atoms with E-state index in [0.29, 0.717) is 29.7 Å². The van der Waals surface area contributed by atoms with Gasteiger partial charge in [0, 0.05) is 41.8 Å². The summed E-state index contributed by atoms with van der Waals surface area (Å²) in [6, 6.07) is 12.1. The van der Waals surface area contributed by atoms with Crippen LogP contribution in [0, 0.1) is 0 Å². The van der Waals surface area contributed by atoms with Gasteiger partial charge in [-0.05, 0) is 76.5 Å². The lowest BCUT2D eigenvalue weighted by Crippen LogP contribution is -2.62. The summed E-state index contributed by atoms with van der Waals surface area (Å²) in [7, 11) is 6.59. The Morgan fingerprint density at radius 3 is 1.94 bits per heavy atom. The predicted octanol–water partition coefficient (Wildman–Crippen LogP) is 4.91. The number of nitrogens with one attached hydrogen (secondary N) is 2. The molecule has 2 aromatic carbocycles. The number of thiocarbonyl (C=S) groups is 1. The van der Waals surface area contributed by atoms with Gasteiger partial charge in [-0.2, -0.15) is 0 Å². The number of benzene rings is 2. The van der Waals surface area contributed by atoms with Crippen molar-refractivity contribution in [3.63, 3.8) is 0 Å². The zero-order valence-electron chi connectivity index (χ0n) is 22.9. The molecule has 1 saturated heterocycles. The molecule has 0 saturated carbocycles. The fraction of sp³-hybridized carbons (Fsp3) is 0.536. The van der Waals surface area contributed by atoms with Crippen molar-refractivity contribution in [2.75, 3.05) is 28.4 Å². The van der Waals surface area contributed by atoms with E-state index in [9.17, 15) is 0 Å². The highest BCUT2D eigenvalue weighted by molar-refractivity contribution is 7.80. The summed E-state index contributed by atoms with van der Waals surface area (Å²) >= 11 is 6.02. The summed E-state index contributed by atoms with van der Waals surface area (Å²) in [6.45, 7) is 10.2. The van der Waals surface area contributed by atoms with Gasteiger partial charge in [0.15, 0.2) is 16.6 Å². The van der Waals surface area contributed by atoms with Crippen LogP contribution in [0.1, 0.15) is 51.7 Å². The second kappa shape index (κ2) is 11.6. The number of hydrogen-bond donors (Lipinski definition) is 2. The summed E-state index contributed by atoms with van der Waals surface area (Å²) in [5.41, 5.74) is 2.12. The Hall–Kier alpha value is -2.71. The number of ether oxygens (including phenoxy) is 4. The van der Waals surface area contributed by atoms with E-state index in [-0.39, 0.29) is 17.1 Å². The molecule has 0 spiro atoms. The first-order valence-electron chi connectivity index (χ1n) is 12.3. The Morgan fingerprint density at radius 2 is 1.42 bits per heavy atom. The second-order valence-corrected chi connectivity index (χ2v) is 11.1. The topological polar surface area (TPSA) is 64.2 Å². The minimum atomic E-state index is 0.0163. The highest BCUT2D eigenvalue weighted by atomic mass is 32.1. The molecule has 0 atom stereocenters. The monoisotopic (exact) mass is 515 g/mol. The maximum absolute atomic E-state index is 6.02. The zero-order valence-corrected chi connectivity index (χ0v) is 23.7. The van der Waals surface area contributed by atoms with Crippen LogP contribution in [0.5, 0.6) is 23.0 Å². The van der Waals surface area contributed by atoms with Crippen molar-refractivity contribution in [3.8, 4) is 23.0 Å². The van der Waals surface area contributed by atoms with Crippen molar-refractivity contribution in [1.29, 1.82) is 0 Å².